The van der Waals surface area contributed by atoms with Gasteiger partial charge >= 0.3 is 11.7 Å². The number of carbonyl (C=O) groups is 2. The van der Waals surface area contributed by atoms with Crippen LogP contribution in [0.4, 0.5) is 0 Å². The predicted octanol–water partition coefficient (Wildman–Crippen LogP) is 0.320. The second kappa shape index (κ2) is 8.97. The van der Waals surface area contributed by atoms with E-state index in [0.29, 0.717) is 29.5 Å². The third-order valence-electron chi connectivity index (χ3n) is 5.10. The fourth-order valence-electron chi connectivity index (χ4n) is 3.43. The lowest BCUT2D eigenvalue weighted by Gasteiger charge is -2.14. The molecule has 1 amide bonds. The van der Waals surface area contributed by atoms with Crippen molar-refractivity contribution in [3.63, 3.8) is 0 Å². The smallest absolute Gasteiger partial charge is 0.335 e. The first kappa shape index (κ1) is 22.0. The van der Waals surface area contributed by atoms with Crippen LogP contribution < -0.4 is 17.0 Å². The number of nitrogens with two attached hydrogens (primary N) is 1. The normalized spacial score (nSPS) is 11.9. The zero-order chi connectivity index (χ0) is 22.7. The molecule has 0 aliphatic carbocycles. The van der Waals surface area contributed by atoms with Crippen molar-refractivity contribution in [3.05, 3.63) is 74.4 Å². The van der Waals surface area contributed by atoms with Crippen molar-refractivity contribution in [1.29, 1.82) is 0 Å². The van der Waals surface area contributed by atoms with E-state index in [1.807, 2.05) is 0 Å². The van der Waals surface area contributed by atoms with Crippen LogP contribution in [0.5, 0.6) is 0 Å². The molecule has 2 aromatic carbocycles. The van der Waals surface area contributed by atoms with E-state index >= 15 is 0 Å². The standard InChI is InChI=1S/C22H24N4O5/c1-24(13-27)12-15-6-9-19-17(10-15)20(28)26(22(30)25(19)2)16-7-4-14(5-8-16)11-18(23)21(29)31-3/h4-10,13,18H,11-12,23H2,1-3H3/t18-/m0/s1. The van der Waals surface area contributed by atoms with Crippen LogP contribution in [0.1, 0.15) is 11.1 Å². The summed E-state index contributed by atoms with van der Waals surface area (Å²) in [5.74, 6) is -0.514. The van der Waals surface area contributed by atoms with Crippen LogP contribution in [0.15, 0.2) is 52.1 Å². The van der Waals surface area contributed by atoms with E-state index in [1.54, 1.807) is 56.6 Å². The Morgan fingerprint density at radius 1 is 1.16 bits per heavy atom. The van der Waals surface area contributed by atoms with Crippen LogP contribution in [0.25, 0.3) is 16.6 Å². The van der Waals surface area contributed by atoms with E-state index in [1.165, 1.54) is 16.6 Å². The van der Waals surface area contributed by atoms with Crippen LogP contribution in [0.2, 0.25) is 0 Å². The minimum atomic E-state index is -0.796. The van der Waals surface area contributed by atoms with Gasteiger partial charge in [0.2, 0.25) is 6.41 Å². The van der Waals surface area contributed by atoms with Crippen LogP contribution >= 0.6 is 0 Å². The van der Waals surface area contributed by atoms with Gasteiger partial charge in [-0.3, -0.25) is 19.0 Å². The maximum absolute atomic E-state index is 13.2. The summed E-state index contributed by atoms with van der Waals surface area (Å²) in [4.78, 5) is 50.0. The van der Waals surface area contributed by atoms with Gasteiger partial charge in [-0.05, 0) is 41.8 Å². The highest BCUT2D eigenvalue weighted by Crippen LogP contribution is 2.14. The van der Waals surface area contributed by atoms with Gasteiger partial charge in [0.25, 0.3) is 5.56 Å². The minimum absolute atomic E-state index is 0.269. The summed E-state index contributed by atoms with van der Waals surface area (Å²) in [6, 6.07) is 11.1. The number of hydrogen-bond donors (Lipinski definition) is 1. The predicted molar refractivity (Wildman–Crippen MR) is 116 cm³/mol. The summed E-state index contributed by atoms with van der Waals surface area (Å²) in [5, 5.41) is 0.371. The van der Waals surface area contributed by atoms with E-state index in [9.17, 15) is 19.2 Å². The van der Waals surface area contributed by atoms with Crippen molar-refractivity contribution < 1.29 is 14.3 Å². The summed E-state index contributed by atoms with van der Waals surface area (Å²) in [6.07, 6.45) is 0.974. The largest absolute Gasteiger partial charge is 0.468 e. The van der Waals surface area contributed by atoms with Crippen LogP contribution in [0, 0.1) is 0 Å². The number of methoxy groups -OCH3 is 1. The van der Waals surface area contributed by atoms with Crippen molar-refractivity contribution in [2.45, 2.75) is 19.0 Å². The van der Waals surface area contributed by atoms with E-state index in [0.717, 1.165) is 15.7 Å². The Bertz CT molecular complexity index is 1240. The number of rotatable bonds is 7. The van der Waals surface area contributed by atoms with Crippen molar-refractivity contribution in [2.75, 3.05) is 14.2 Å². The summed E-state index contributed by atoms with van der Waals surface area (Å²) >= 11 is 0. The molecule has 3 rings (SSSR count). The molecule has 9 nitrogen and oxygen atoms in total. The summed E-state index contributed by atoms with van der Waals surface area (Å²) in [6.45, 7) is 0.344. The molecule has 2 N–H and O–H groups in total. The second-order valence-corrected chi connectivity index (χ2v) is 7.35. The van der Waals surface area contributed by atoms with Gasteiger partial charge in [-0.15, -0.1) is 0 Å². The molecule has 1 aromatic heterocycles. The number of carbonyl (C=O) groups excluding carboxylic acids is 2. The van der Waals surface area contributed by atoms with Crippen LogP contribution in [0.3, 0.4) is 0 Å². The quantitative estimate of drug-likeness (QED) is 0.431. The van der Waals surface area contributed by atoms with Crippen LogP contribution in [-0.2, 0) is 34.3 Å². The van der Waals surface area contributed by atoms with E-state index in [2.05, 4.69) is 4.74 Å². The SMILES string of the molecule is COC(=O)[C@@H](N)Cc1ccc(-n2c(=O)c3cc(CN(C)C=O)ccc3n(C)c2=O)cc1. The third kappa shape index (κ3) is 4.41. The molecule has 0 fully saturated rings. The number of aryl methyl sites for hydroxylation is 1. The van der Waals surface area contributed by atoms with Crippen LogP contribution in [-0.4, -0.2) is 46.6 Å². The maximum atomic E-state index is 13.2. The molecule has 0 spiro atoms. The summed E-state index contributed by atoms with van der Waals surface area (Å²) in [5.41, 5.74) is 7.31. The molecule has 0 aliphatic rings. The number of hydrogen-bond acceptors (Lipinski definition) is 6. The highest BCUT2D eigenvalue weighted by atomic mass is 16.5. The van der Waals surface area contributed by atoms with Crippen molar-refractivity contribution in [1.82, 2.24) is 14.0 Å². The Morgan fingerprint density at radius 2 is 1.81 bits per heavy atom. The lowest BCUT2D eigenvalue weighted by Crippen LogP contribution is -2.38. The first-order chi connectivity index (χ1) is 14.8. The maximum Gasteiger partial charge on any atom is 0.335 e. The van der Waals surface area contributed by atoms with Gasteiger partial charge in [-0.25, -0.2) is 9.36 Å². The van der Waals surface area contributed by atoms with Gasteiger partial charge in [0.1, 0.15) is 6.04 Å². The van der Waals surface area contributed by atoms with E-state index < -0.39 is 23.3 Å². The van der Waals surface area contributed by atoms with E-state index in [-0.39, 0.29) is 6.42 Å². The third-order valence-corrected chi connectivity index (χ3v) is 5.10. The number of ether oxygens (including phenoxy) is 1. The Balaban J connectivity index is 2.05. The fourth-order valence-corrected chi connectivity index (χ4v) is 3.43. The molecule has 0 radical (unpaired) electrons. The van der Waals surface area contributed by atoms with E-state index in [4.69, 9.17) is 5.73 Å². The number of benzene rings is 2. The Hall–Kier alpha value is -3.72. The number of aromatic nitrogens is 2. The minimum Gasteiger partial charge on any atom is -0.468 e. The number of esters is 1. The molecule has 9 heteroatoms. The first-order valence-electron chi connectivity index (χ1n) is 9.59. The van der Waals surface area contributed by atoms with Gasteiger partial charge in [-0.1, -0.05) is 18.2 Å². The Labute approximate surface area is 178 Å². The molecular weight excluding hydrogens is 400 g/mol. The van der Waals surface area contributed by atoms with Gasteiger partial charge < -0.3 is 15.4 Å². The summed E-state index contributed by atoms with van der Waals surface area (Å²) in [7, 11) is 4.51. The second-order valence-electron chi connectivity index (χ2n) is 7.35. The van der Waals surface area contributed by atoms with Crippen molar-refractivity contribution in [3.8, 4) is 5.69 Å². The van der Waals surface area contributed by atoms with Gasteiger partial charge in [0.05, 0.1) is 23.7 Å². The molecule has 0 bridgehead atoms. The zero-order valence-electron chi connectivity index (χ0n) is 17.6. The number of fused-ring (bicyclic) bond motifs is 1. The molecule has 1 atom stereocenters. The van der Waals surface area contributed by atoms with Gasteiger partial charge in [0.15, 0.2) is 0 Å². The average molecular weight is 424 g/mol. The molecule has 0 unspecified atom stereocenters. The lowest BCUT2D eigenvalue weighted by molar-refractivity contribution is -0.142. The molecule has 162 valence electrons. The highest BCUT2D eigenvalue weighted by Gasteiger charge is 2.16. The van der Waals surface area contributed by atoms with Gasteiger partial charge in [0, 0.05) is 20.6 Å². The molecule has 31 heavy (non-hydrogen) atoms. The molecular formula is C22H24N4O5. The molecule has 3 aromatic rings. The monoisotopic (exact) mass is 424 g/mol. The van der Waals surface area contributed by atoms with Gasteiger partial charge in [-0.2, -0.15) is 0 Å². The first-order valence-corrected chi connectivity index (χ1v) is 9.59. The number of nitrogens with zero attached hydrogens (tertiary/aromatic N) is 3. The average Bonchev–Trinajstić information content (AvgIpc) is 2.78. The molecule has 1 heterocycles. The Kier molecular flexibility index (Phi) is 6.36. The highest BCUT2D eigenvalue weighted by molar-refractivity contribution is 5.79. The lowest BCUT2D eigenvalue weighted by atomic mass is 10.1. The topological polar surface area (TPSA) is 117 Å². The molecule has 0 saturated heterocycles. The molecule has 0 aliphatic heterocycles. The van der Waals surface area contributed by atoms with Crippen molar-refractivity contribution >= 4 is 23.3 Å². The number of amides is 1. The van der Waals surface area contributed by atoms with Crippen molar-refractivity contribution in [2.24, 2.45) is 12.8 Å². The Morgan fingerprint density at radius 3 is 2.42 bits per heavy atom. The summed E-state index contributed by atoms with van der Waals surface area (Å²) < 4.78 is 7.13. The molecule has 0 saturated carbocycles. The fraction of sp³-hybridized carbons (Fsp3) is 0.273. The zero-order valence-corrected chi connectivity index (χ0v) is 17.6.